The number of ether oxygens (including phenoxy) is 1. The van der Waals surface area contributed by atoms with Crippen molar-refractivity contribution in [1.82, 2.24) is 0 Å². The summed E-state index contributed by atoms with van der Waals surface area (Å²) in [6, 6.07) is 9.98. The van der Waals surface area contributed by atoms with E-state index in [9.17, 15) is 13.2 Å². The number of hydrogen-bond donors (Lipinski definition) is 0. The van der Waals surface area contributed by atoms with Gasteiger partial charge in [0.05, 0.1) is 12.4 Å². The van der Waals surface area contributed by atoms with Crippen LogP contribution >= 0.6 is 0 Å². The second-order valence-electron chi connectivity index (χ2n) is 6.99. The average Bonchev–Trinajstić information content (AvgIpc) is 2.76. The fourth-order valence-electron chi connectivity index (χ4n) is 3.59. The smallest absolute Gasteiger partial charge is 0.150 e. The van der Waals surface area contributed by atoms with E-state index in [0.717, 1.165) is 42.4 Å². The van der Waals surface area contributed by atoms with Crippen molar-refractivity contribution in [2.24, 2.45) is 0 Å². The van der Waals surface area contributed by atoms with Crippen LogP contribution in [-0.4, -0.2) is 33.3 Å². The predicted molar refractivity (Wildman–Crippen MR) is 104 cm³/mol. The van der Waals surface area contributed by atoms with Gasteiger partial charge in [-0.15, -0.1) is 0 Å². The first-order chi connectivity index (χ1) is 12.4. The standard InChI is InChI=1S/C21H24O4S/c1-15-11-19(25-9-4-10-26(2,23)24)13-18-6-3-5-17-8-7-16(14-22)12-20(17)21(15)18/h7-8,11-14H,3-6,9-10H2,1-2H3. The molecular weight excluding hydrogens is 348 g/mol. The highest BCUT2D eigenvalue weighted by atomic mass is 32.2. The largest absolute Gasteiger partial charge is 0.494 e. The minimum atomic E-state index is -2.95. The molecule has 0 bridgehead atoms. The SMILES string of the molecule is Cc1cc(OCCCS(C)(=O)=O)cc2c1-c1cc(C=O)ccc1CCC2. The number of fused-ring (bicyclic) bond motifs is 3. The van der Waals surface area contributed by atoms with Crippen LogP contribution < -0.4 is 4.74 Å². The zero-order valence-electron chi connectivity index (χ0n) is 15.2. The van der Waals surface area contributed by atoms with Gasteiger partial charge in [-0.2, -0.15) is 0 Å². The van der Waals surface area contributed by atoms with Gasteiger partial charge in [-0.1, -0.05) is 12.1 Å². The highest BCUT2D eigenvalue weighted by Gasteiger charge is 2.18. The number of aryl methyl sites for hydroxylation is 3. The summed E-state index contributed by atoms with van der Waals surface area (Å²) in [6.07, 6.45) is 5.62. The third-order valence-corrected chi connectivity index (χ3v) is 5.78. The lowest BCUT2D eigenvalue weighted by Gasteiger charge is -2.16. The number of sulfone groups is 1. The van der Waals surface area contributed by atoms with E-state index < -0.39 is 9.84 Å². The molecule has 138 valence electrons. The average molecular weight is 372 g/mol. The number of benzene rings is 2. The molecule has 0 N–H and O–H groups in total. The lowest BCUT2D eigenvalue weighted by Crippen LogP contribution is -2.08. The van der Waals surface area contributed by atoms with Gasteiger partial charge in [0, 0.05) is 11.8 Å². The molecule has 0 heterocycles. The van der Waals surface area contributed by atoms with Gasteiger partial charge in [0.15, 0.2) is 0 Å². The van der Waals surface area contributed by atoms with Crippen LogP contribution in [0.1, 0.15) is 39.9 Å². The van der Waals surface area contributed by atoms with Crippen molar-refractivity contribution in [2.75, 3.05) is 18.6 Å². The lowest BCUT2D eigenvalue weighted by atomic mass is 9.91. The van der Waals surface area contributed by atoms with E-state index in [2.05, 4.69) is 19.1 Å². The molecule has 0 saturated carbocycles. The Morgan fingerprint density at radius 3 is 2.62 bits per heavy atom. The van der Waals surface area contributed by atoms with Crippen LogP contribution in [-0.2, 0) is 22.7 Å². The topological polar surface area (TPSA) is 60.4 Å². The Labute approximate surface area is 155 Å². The summed E-state index contributed by atoms with van der Waals surface area (Å²) >= 11 is 0. The number of rotatable bonds is 6. The van der Waals surface area contributed by atoms with Crippen LogP contribution in [0.15, 0.2) is 30.3 Å². The fraction of sp³-hybridized carbons (Fsp3) is 0.381. The lowest BCUT2D eigenvalue weighted by molar-refractivity contribution is 0.112. The quantitative estimate of drug-likeness (QED) is 0.572. The van der Waals surface area contributed by atoms with Crippen LogP contribution in [0.5, 0.6) is 5.75 Å². The summed E-state index contributed by atoms with van der Waals surface area (Å²) < 4.78 is 28.2. The van der Waals surface area contributed by atoms with Crippen molar-refractivity contribution >= 4 is 16.1 Å². The molecule has 0 aromatic heterocycles. The molecule has 26 heavy (non-hydrogen) atoms. The van der Waals surface area contributed by atoms with E-state index in [4.69, 9.17) is 4.74 Å². The van der Waals surface area contributed by atoms with Gasteiger partial charge in [0.25, 0.3) is 0 Å². The van der Waals surface area contributed by atoms with Crippen molar-refractivity contribution in [1.29, 1.82) is 0 Å². The van der Waals surface area contributed by atoms with E-state index >= 15 is 0 Å². The molecule has 1 aliphatic rings. The molecule has 0 atom stereocenters. The second-order valence-corrected chi connectivity index (χ2v) is 9.25. The molecule has 0 spiro atoms. The van der Waals surface area contributed by atoms with Crippen molar-refractivity contribution in [3.05, 3.63) is 52.6 Å². The molecular formula is C21H24O4S. The molecule has 0 amide bonds. The molecule has 1 aliphatic carbocycles. The number of carbonyl (C=O) groups is 1. The van der Waals surface area contributed by atoms with Crippen molar-refractivity contribution in [3.8, 4) is 16.9 Å². The summed E-state index contributed by atoms with van der Waals surface area (Å²) in [5, 5.41) is 0. The van der Waals surface area contributed by atoms with E-state index in [1.165, 1.54) is 22.9 Å². The van der Waals surface area contributed by atoms with Crippen molar-refractivity contribution in [2.45, 2.75) is 32.6 Å². The van der Waals surface area contributed by atoms with E-state index in [1.54, 1.807) is 0 Å². The maximum Gasteiger partial charge on any atom is 0.150 e. The van der Waals surface area contributed by atoms with Gasteiger partial charge in [0.1, 0.15) is 21.9 Å². The third kappa shape index (κ3) is 4.33. The molecule has 0 radical (unpaired) electrons. The Morgan fingerprint density at radius 1 is 1.12 bits per heavy atom. The Kier molecular flexibility index (Phi) is 5.47. The van der Waals surface area contributed by atoms with Gasteiger partial charge in [0.2, 0.25) is 0 Å². The van der Waals surface area contributed by atoms with Gasteiger partial charge < -0.3 is 4.74 Å². The van der Waals surface area contributed by atoms with E-state index in [0.29, 0.717) is 18.6 Å². The predicted octanol–water partition coefficient (Wildman–Crippen LogP) is 3.78. The van der Waals surface area contributed by atoms with Crippen LogP contribution in [0.2, 0.25) is 0 Å². The molecule has 0 unspecified atom stereocenters. The summed E-state index contributed by atoms with van der Waals surface area (Å²) in [5.41, 5.74) is 6.65. The molecule has 5 heteroatoms. The Hall–Kier alpha value is -2.14. The molecule has 0 saturated heterocycles. The van der Waals surface area contributed by atoms with E-state index in [-0.39, 0.29) is 5.75 Å². The molecule has 2 aromatic carbocycles. The third-order valence-electron chi connectivity index (χ3n) is 4.75. The molecule has 2 aromatic rings. The maximum absolute atomic E-state index is 11.2. The number of hydrogen-bond acceptors (Lipinski definition) is 4. The fourth-order valence-corrected chi connectivity index (χ4v) is 4.23. The second kappa shape index (κ2) is 7.62. The van der Waals surface area contributed by atoms with Gasteiger partial charge >= 0.3 is 0 Å². The number of carbonyl (C=O) groups excluding carboxylic acids is 1. The highest BCUT2D eigenvalue weighted by Crippen LogP contribution is 2.37. The normalized spacial score (nSPS) is 13.5. The van der Waals surface area contributed by atoms with Crippen LogP contribution in [0, 0.1) is 6.92 Å². The summed E-state index contributed by atoms with van der Waals surface area (Å²) in [4.78, 5) is 11.2. The minimum absolute atomic E-state index is 0.138. The van der Waals surface area contributed by atoms with Crippen LogP contribution in [0.4, 0.5) is 0 Å². The summed E-state index contributed by atoms with van der Waals surface area (Å²) in [5.74, 6) is 0.920. The zero-order valence-corrected chi connectivity index (χ0v) is 16.1. The molecule has 4 nitrogen and oxygen atoms in total. The Morgan fingerprint density at radius 2 is 1.88 bits per heavy atom. The zero-order chi connectivity index (χ0) is 18.7. The summed E-state index contributed by atoms with van der Waals surface area (Å²) in [6.45, 7) is 2.45. The molecule has 0 aliphatic heterocycles. The minimum Gasteiger partial charge on any atom is -0.494 e. The highest BCUT2D eigenvalue weighted by molar-refractivity contribution is 7.90. The van der Waals surface area contributed by atoms with Gasteiger partial charge in [-0.25, -0.2) is 8.42 Å². The van der Waals surface area contributed by atoms with Crippen molar-refractivity contribution < 1.29 is 17.9 Å². The number of aldehydes is 1. The molecule has 0 fully saturated rings. The first kappa shape index (κ1) is 18.6. The first-order valence-electron chi connectivity index (χ1n) is 8.90. The maximum atomic E-state index is 11.2. The van der Waals surface area contributed by atoms with Crippen LogP contribution in [0.25, 0.3) is 11.1 Å². The van der Waals surface area contributed by atoms with Crippen molar-refractivity contribution in [3.63, 3.8) is 0 Å². The summed E-state index contributed by atoms with van der Waals surface area (Å²) in [7, 11) is -2.95. The first-order valence-corrected chi connectivity index (χ1v) is 11.0. The monoisotopic (exact) mass is 372 g/mol. The van der Waals surface area contributed by atoms with E-state index in [1.807, 2.05) is 18.2 Å². The van der Waals surface area contributed by atoms with Gasteiger partial charge in [-0.05, 0) is 78.6 Å². The van der Waals surface area contributed by atoms with Crippen LogP contribution in [0.3, 0.4) is 0 Å². The van der Waals surface area contributed by atoms with Gasteiger partial charge in [-0.3, -0.25) is 4.79 Å². The molecule has 3 rings (SSSR count). The Balaban J connectivity index is 1.88. The Bertz CT molecular complexity index is 929.